The normalized spacial score (nSPS) is 11.1. The van der Waals surface area contributed by atoms with Gasteiger partial charge in [0.2, 0.25) is 15.9 Å². The number of carbonyl (C=O) groups excluding carboxylic acids is 1. The number of aromatic nitrogens is 2. The largest absolute Gasteiger partial charge is 0.370 e. The summed E-state index contributed by atoms with van der Waals surface area (Å²) in [5.74, 6) is -0.390. The highest BCUT2D eigenvalue weighted by Gasteiger charge is 2.14. The number of hydrogen-bond acceptors (Lipinski definition) is 4. The van der Waals surface area contributed by atoms with Crippen molar-refractivity contribution in [3.63, 3.8) is 0 Å². The van der Waals surface area contributed by atoms with Gasteiger partial charge in [-0.2, -0.15) is 5.10 Å². The van der Waals surface area contributed by atoms with Crippen molar-refractivity contribution in [1.29, 1.82) is 0 Å². The molecule has 0 unspecified atom stereocenters. The van der Waals surface area contributed by atoms with E-state index in [1.54, 1.807) is 16.8 Å². The van der Waals surface area contributed by atoms with E-state index in [4.69, 9.17) is 10.9 Å². The Morgan fingerprint density at radius 1 is 1.07 bits per heavy atom. The molecule has 9 heteroatoms. The fourth-order valence-corrected chi connectivity index (χ4v) is 3.22. The van der Waals surface area contributed by atoms with Crippen molar-refractivity contribution in [1.82, 2.24) is 9.78 Å². The Labute approximate surface area is 169 Å². The van der Waals surface area contributed by atoms with E-state index in [0.717, 1.165) is 22.5 Å². The molecule has 0 saturated heterocycles. The minimum Gasteiger partial charge on any atom is -0.370 e. The number of nitrogens with two attached hydrogens (primary N) is 2. The molecule has 4 N–H and O–H groups in total. The number of amides is 1. The second kappa shape index (κ2) is 8.55. The molecule has 28 heavy (non-hydrogen) atoms. The number of rotatable bonds is 6. The molecule has 0 aliphatic carbocycles. The Bertz CT molecular complexity index is 1080. The van der Waals surface area contributed by atoms with Gasteiger partial charge in [0.15, 0.2) is 0 Å². The zero-order chi connectivity index (χ0) is 19.6. The maximum atomic E-state index is 11.5. The second-order valence-corrected chi connectivity index (χ2v) is 7.87. The third-order valence-corrected chi connectivity index (χ3v) is 5.07. The first kappa shape index (κ1) is 21.6. The molecule has 2 aromatic carbocycles. The zero-order valence-electron chi connectivity index (χ0n) is 15.2. The smallest absolute Gasteiger partial charge is 0.238 e. The Morgan fingerprint density at radius 3 is 2.21 bits per heavy atom. The number of sulfonamides is 1. The summed E-state index contributed by atoms with van der Waals surface area (Å²) >= 11 is 0. The van der Waals surface area contributed by atoms with Gasteiger partial charge in [0, 0.05) is 18.4 Å². The molecule has 1 heterocycles. The van der Waals surface area contributed by atoms with Crippen LogP contribution in [0.5, 0.6) is 0 Å². The van der Waals surface area contributed by atoms with Gasteiger partial charge in [-0.25, -0.2) is 18.2 Å². The maximum absolute atomic E-state index is 11.5. The minimum absolute atomic E-state index is 0. The Morgan fingerprint density at radius 2 is 1.68 bits per heavy atom. The summed E-state index contributed by atoms with van der Waals surface area (Å²) in [5.41, 5.74) is 9.56. The van der Waals surface area contributed by atoms with E-state index < -0.39 is 10.0 Å². The molecule has 7 nitrogen and oxygen atoms in total. The first-order valence-corrected chi connectivity index (χ1v) is 9.86. The van der Waals surface area contributed by atoms with E-state index in [-0.39, 0.29) is 29.6 Å². The van der Waals surface area contributed by atoms with E-state index in [1.807, 2.05) is 37.3 Å². The standard InChI is InChI=1S/C19H20N4O3S.ClH/c1-13-2-4-14(5-3-13)18-12-15(6-11-19(20)24)22-23(18)16-7-9-17(10-8-16)27(21,25)26;/h2-5,7-10,12H,6,11H2,1H3,(H2,20,24)(H2,21,25,26);1H. The van der Waals surface area contributed by atoms with Crippen LogP contribution in [0.15, 0.2) is 59.5 Å². The number of halogens is 1. The monoisotopic (exact) mass is 420 g/mol. The highest BCUT2D eigenvalue weighted by atomic mass is 35.5. The maximum Gasteiger partial charge on any atom is 0.238 e. The fourth-order valence-electron chi connectivity index (χ4n) is 2.71. The molecule has 1 amide bonds. The molecule has 0 atom stereocenters. The summed E-state index contributed by atoms with van der Waals surface area (Å²) in [7, 11) is -3.76. The van der Waals surface area contributed by atoms with Crippen molar-refractivity contribution in [3.8, 4) is 16.9 Å². The number of aryl methyl sites for hydroxylation is 2. The van der Waals surface area contributed by atoms with Crippen LogP contribution >= 0.6 is 12.4 Å². The number of carbonyl (C=O) groups is 1. The SMILES string of the molecule is Cc1ccc(-c2cc(CCC(N)=O)nn2-c2ccc(S(N)(=O)=O)cc2)cc1.Cl. The average Bonchev–Trinajstić information content (AvgIpc) is 3.04. The second-order valence-electron chi connectivity index (χ2n) is 6.30. The van der Waals surface area contributed by atoms with Crippen molar-refractivity contribution >= 4 is 28.3 Å². The van der Waals surface area contributed by atoms with Gasteiger partial charge in [-0.1, -0.05) is 29.8 Å². The van der Waals surface area contributed by atoms with Crippen molar-refractivity contribution < 1.29 is 13.2 Å². The van der Waals surface area contributed by atoms with Gasteiger partial charge in [0.25, 0.3) is 0 Å². The van der Waals surface area contributed by atoms with E-state index in [2.05, 4.69) is 5.10 Å². The lowest BCUT2D eigenvalue weighted by Crippen LogP contribution is -2.12. The average molecular weight is 421 g/mol. The van der Waals surface area contributed by atoms with Crippen LogP contribution in [0, 0.1) is 6.92 Å². The zero-order valence-corrected chi connectivity index (χ0v) is 16.8. The number of nitrogens with zero attached hydrogens (tertiary/aromatic N) is 2. The van der Waals surface area contributed by atoms with Crippen LogP contribution in [0.3, 0.4) is 0 Å². The number of primary amides is 1. The summed E-state index contributed by atoms with van der Waals surface area (Å²) < 4.78 is 24.6. The number of hydrogen-bond donors (Lipinski definition) is 2. The third kappa shape index (κ3) is 4.98. The van der Waals surface area contributed by atoms with E-state index in [0.29, 0.717) is 12.1 Å². The topological polar surface area (TPSA) is 121 Å². The summed E-state index contributed by atoms with van der Waals surface area (Å²) in [6.45, 7) is 2.01. The van der Waals surface area contributed by atoms with Crippen LogP contribution in [-0.2, 0) is 21.2 Å². The highest BCUT2D eigenvalue weighted by Crippen LogP contribution is 2.25. The fraction of sp³-hybridized carbons (Fsp3) is 0.158. The lowest BCUT2D eigenvalue weighted by molar-refractivity contribution is -0.118. The molecule has 0 radical (unpaired) electrons. The molecule has 1 aromatic heterocycles. The van der Waals surface area contributed by atoms with Crippen molar-refractivity contribution in [2.24, 2.45) is 10.9 Å². The lowest BCUT2D eigenvalue weighted by atomic mass is 10.1. The van der Waals surface area contributed by atoms with Gasteiger partial charge < -0.3 is 5.73 Å². The molecule has 0 bridgehead atoms. The van der Waals surface area contributed by atoms with Gasteiger partial charge >= 0.3 is 0 Å². The van der Waals surface area contributed by atoms with Gasteiger partial charge in [-0.15, -0.1) is 12.4 Å². The molecule has 0 aliphatic heterocycles. The molecule has 3 rings (SSSR count). The van der Waals surface area contributed by atoms with Gasteiger partial charge in [0.05, 0.1) is 22.0 Å². The Hall–Kier alpha value is -2.68. The molecule has 0 spiro atoms. The molecule has 0 saturated carbocycles. The first-order valence-electron chi connectivity index (χ1n) is 8.31. The van der Waals surface area contributed by atoms with Crippen molar-refractivity contribution in [2.75, 3.05) is 0 Å². The predicted molar refractivity (Wildman–Crippen MR) is 110 cm³/mol. The summed E-state index contributed by atoms with van der Waals surface area (Å²) in [6, 6.07) is 16.0. The van der Waals surface area contributed by atoms with Gasteiger partial charge in [0.1, 0.15) is 0 Å². The third-order valence-electron chi connectivity index (χ3n) is 4.14. The lowest BCUT2D eigenvalue weighted by Gasteiger charge is -2.08. The molecule has 0 aliphatic rings. The van der Waals surface area contributed by atoms with Crippen LogP contribution in [0.25, 0.3) is 16.9 Å². The molecular weight excluding hydrogens is 400 g/mol. The summed E-state index contributed by atoms with van der Waals surface area (Å²) in [6.07, 6.45) is 0.630. The van der Waals surface area contributed by atoms with Crippen molar-refractivity contribution in [2.45, 2.75) is 24.7 Å². The summed E-state index contributed by atoms with van der Waals surface area (Å²) in [4.78, 5) is 11.1. The molecule has 148 valence electrons. The van der Waals surface area contributed by atoms with Crippen LogP contribution in [-0.4, -0.2) is 24.1 Å². The Balaban J connectivity index is 0.00000280. The quantitative estimate of drug-likeness (QED) is 0.635. The van der Waals surface area contributed by atoms with E-state index in [1.165, 1.54) is 12.1 Å². The minimum atomic E-state index is -3.76. The number of benzene rings is 2. The summed E-state index contributed by atoms with van der Waals surface area (Å²) in [5, 5.41) is 9.73. The van der Waals surface area contributed by atoms with E-state index in [9.17, 15) is 13.2 Å². The molecule has 0 fully saturated rings. The van der Waals surface area contributed by atoms with Crippen LogP contribution < -0.4 is 10.9 Å². The van der Waals surface area contributed by atoms with Gasteiger partial charge in [-0.3, -0.25) is 4.79 Å². The predicted octanol–water partition coefficient (Wildman–Crippen LogP) is 2.33. The van der Waals surface area contributed by atoms with Crippen LogP contribution in [0.4, 0.5) is 0 Å². The van der Waals surface area contributed by atoms with Crippen LogP contribution in [0.2, 0.25) is 0 Å². The van der Waals surface area contributed by atoms with E-state index >= 15 is 0 Å². The number of primary sulfonamides is 1. The van der Waals surface area contributed by atoms with Gasteiger partial charge in [-0.05, 0) is 37.3 Å². The Kier molecular flexibility index (Phi) is 6.60. The first-order chi connectivity index (χ1) is 12.7. The van der Waals surface area contributed by atoms with Crippen LogP contribution in [0.1, 0.15) is 17.7 Å². The van der Waals surface area contributed by atoms with Crippen molar-refractivity contribution in [3.05, 3.63) is 65.9 Å². The molecular formula is C19H21ClN4O3S. The molecule has 3 aromatic rings. The highest BCUT2D eigenvalue weighted by molar-refractivity contribution is 7.89.